The maximum atomic E-state index is 12.4. The third-order valence-electron chi connectivity index (χ3n) is 4.54. The fourth-order valence-corrected chi connectivity index (χ4v) is 3.26. The molecule has 6 nitrogen and oxygen atoms in total. The van der Waals surface area contributed by atoms with Crippen LogP contribution in [0.15, 0.2) is 48.5 Å². The van der Waals surface area contributed by atoms with Crippen molar-refractivity contribution in [2.75, 3.05) is 17.2 Å². The monoisotopic (exact) mass is 415 g/mol. The second kappa shape index (κ2) is 8.74. The zero-order valence-corrected chi connectivity index (χ0v) is 17.5. The number of rotatable bonds is 5. The first-order valence-electron chi connectivity index (χ1n) is 9.60. The predicted molar refractivity (Wildman–Crippen MR) is 116 cm³/mol. The van der Waals surface area contributed by atoms with Gasteiger partial charge in [-0.15, -0.1) is 0 Å². The first-order valence-corrected chi connectivity index (χ1v) is 9.98. The van der Waals surface area contributed by atoms with Crippen LogP contribution in [0.25, 0.3) is 0 Å². The summed E-state index contributed by atoms with van der Waals surface area (Å²) < 4.78 is 5.27. The molecule has 0 saturated heterocycles. The number of hydrogen-bond donors (Lipinski definition) is 3. The topological polar surface area (TPSA) is 79.5 Å². The molecule has 1 aliphatic carbocycles. The van der Waals surface area contributed by atoms with E-state index in [0.29, 0.717) is 23.2 Å². The molecule has 1 fully saturated rings. The molecule has 2 unspecified atom stereocenters. The van der Waals surface area contributed by atoms with Crippen molar-refractivity contribution in [1.29, 1.82) is 0 Å². The first-order chi connectivity index (χ1) is 13.7. The molecule has 1 saturated carbocycles. The highest BCUT2D eigenvalue weighted by Crippen LogP contribution is 2.49. The molecule has 29 heavy (non-hydrogen) atoms. The smallest absolute Gasteiger partial charge is 0.407 e. The highest BCUT2D eigenvalue weighted by Gasteiger charge is 2.40. The summed E-state index contributed by atoms with van der Waals surface area (Å²) in [5, 5.41) is 9.15. The number of anilines is 2. The molecule has 2 aromatic rings. The molecule has 0 spiro atoms. The number of hydrogen-bond acceptors (Lipinski definition) is 3. The van der Waals surface area contributed by atoms with E-state index in [1.165, 1.54) is 0 Å². The van der Waals surface area contributed by atoms with Crippen LogP contribution < -0.4 is 16.0 Å². The van der Waals surface area contributed by atoms with Gasteiger partial charge in [-0.05, 0) is 74.9 Å². The number of benzene rings is 2. The minimum absolute atomic E-state index is 0.289. The Balaban J connectivity index is 1.55. The van der Waals surface area contributed by atoms with Crippen molar-refractivity contribution in [2.45, 2.75) is 38.7 Å². The number of halogens is 1. The number of alkyl carbamates (subject to hydrolysis) is 1. The largest absolute Gasteiger partial charge is 0.444 e. The molecule has 0 radical (unpaired) electrons. The number of urea groups is 1. The lowest BCUT2D eigenvalue weighted by Gasteiger charge is -2.19. The van der Waals surface area contributed by atoms with Crippen molar-refractivity contribution in [3.63, 3.8) is 0 Å². The van der Waals surface area contributed by atoms with Crippen molar-refractivity contribution in [1.82, 2.24) is 5.32 Å². The molecule has 2 aromatic carbocycles. The number of ether oxygens (including phenoxy) is 1. The normalized spacial score (nSPS) is 17.9. The second-order valence-electron chi connectivity index (χ2n) is 8.16. The maximum absolute atomic E-state index is 12.4. The van der Waals surface area contributed by atoms with Gasteiger partial charge < -0.3 is 20.7 Å². The summed E-state index contributed by atoms with van der Waals surface area (Å²) in [6, 6.07) is 14.3. The molecule has 0 bridgehead atoms. The minimum atomic E-state index is -0.513. The Morgan fingerprint density at radius 1 is 1.07 bits per heavy atom. The lowest BCUT2D eigenvalue weighted by Crippen LogP contribution is -2.33. The summed E-state index contributed by atoms with van der Waals surface area (Å²) in [5.74, 6) is 0.613. The minimum Gasteiger partial charge on any atom is -0.444 e. The highest BCUT2D eigenvalue weighted by atomic mass is 35.5. The van der Waals surface area contributed by atoms with Crippen molar-refractivity contribution >= 4 is 35.1 Å². The van der Waals surface area contributed by atoms with Gasteiger partial charge in [0.1, 0.15) is 5.60 Å². The predicted octanol–water partition coefficient (Wildman–Crippen LogP) is 5.61. The summed E-state index contributed by atoms with van der Waals surface area (Å²) in [7, 11) is 0. The lowest BCUT2D eigenvalue weighted by molar-refractivity contribution is 0.0525. The number of nitrogens with one attached hydrogen (secondary N) is 3. The van der Waals surface area contributed by atoms with Gasteiger partial charge in [-0.2, -0.15) is 0 Å². The zero-order valence-electron chi connectivity index (χ0n) is 16.8. The van der Waals surface area contributed by atoms with Crippen LogP contribution in [0.3, 0.4) is 0 Å². The Morgan fingerprint density at radius 3 is 2.45 bits per heavy atom. The van der Waals surface area contributed by atoms with Crippen LogP contribution in [-0.2, 0) is 4.74 Å². The van der Waals surface area contributed by atoms with Gasteiger partial charge >= 0.3 is 12.1 Å². The standard InChI is InChI=1S/C22H26ClN3O3/c1-22(2,3)29-21(28)24-13-14-12-18(14)17-6-4-5-7-19(17)26-20(27)25-16-10-8-15(23)9-11-16/h4-11,14,18H,12-13H2,1-3H3,(H,24,28)(H2,25,26,27). The second-order valence-corrected chi connectivity index (χ2v) is 8.59. The fraction of sp³-hybridized carbons (Fsp3) is 0.364. The van der Waals surface area contributed by atoms with E-state index in [2.05, 4.69) is 16.0 Å². The molecule has 0 aliphatic heterocycles. The van der Waals surface area contributed by atoms with Crippen LogP contribution in [0.5, 0.6) is 0 Å². The Kier molecular flexibility index (Phi) is 6.33. The van der Waals surface area contributed by atoms with Crippen molar-refractivity contribution in [3.8, 4) is 0 Å². The van der Waals surface area contributed by atoms with Gasteiger partial charge in [0.05, 0.1) is 0 Å². The average Bonchev–Trinajstić information content (AvgIpc) is 3.40. The van der Waals surface area contributed by atoms with Gasteiger partial charge in [0.15, 0.2) is 0 Å². The molecule has 154 valence electrons. The molecule has 1 aliphatic rings. The quantitative estimate of drug-likeness (QED) is 0.593. The molecule has 3 N–H and O–H groups in total. The molecule has 7 heteroatoms. The van der Waals surface area contributed by atoms with Crippen LogP contribution in [0.2, 0.25) is 5.02 Å². The van der Waals surface area contributed by atoms with E-state index in [1.807, 2.05) is 45.0 Å². The van der Waals surface area contributed by atoms with Crippen molar-refractivity contribution in [3.05, 3.63) is 59.1 Å². The Bertz CT molecular complexity index is 878. The van der Waals surface area contributed by atoms with Crippen LogP contribution in [0.1, 0.15) is 38.7 Å². The van der Waals surface area contributed by atoms with Gasteiger partial charge in [0.2, 0.25) is 0 Å². The number of carbonyl (C=O) groups is 2. The summed E-state index contributed by atoms with van der Waals surface area (Å²) in [5.41, 5.74) is 1.98. The van der Waals surface area contributed by atoms with E-state index < -0.39 is 11.7 Å². The zero-order chi connectivity index (χ0) is 21.0. The molecular formula is C22H26ClN3O3. The Labute approximate surface area is 176 Å². The number of amides is 3. The van der Waals surface area contributed by atoms with E-state index in [0.717, 1.165) is 17.7 Å². The Morgan fingerprint density at radius 2 is 1.76 bits per heavy atom. The van der Waals surface area contributed by atoms with Crippen LogP contribution in [0.4, 0.5) is 21.0 Å². The van der Waals surface area contributed by atoms with Crippen LogP contribution >= 0.6 is 11.6 Å². The summed E-state index contributed by atoms with van der Waals surface area (Å²) in [6.45, 7) is 6.06. The van der Waals surface area contributed by atoms with Crippen molar-refractivity contribution < 1.29 is 14.3 Å². The third kappa shape index (κ3) is 6.39. The lowest BCUT2D eigenvalue weighted by atomic mass is 10.1. The molecular weight excluding hydrogens is 390 g/mol. The van der Waals surface area contributed by atoms with E-state index >= 15 is 0 Å². The van der Waals surface area contributed by atoms with E-state index in [-0.39, 0.29) is 11.9 Å². The summed E-state index contributed by atoms with van der Waals surface area (Å²) in [4.78, 5) is 24.2. The van der Waals surface area contributed by atoms with E-state index in [4.69, 9.17) is 16.3 Å². The average molecular weight is 416 g/mol. The third-order valence-corrected chi connectivity index (χ3v) is 4.79. The molecule has 3 rings (SSSR count). The molecule has 2 atom stereocenters. The Hall–Kier alpha value is -2.73. The maximum Gasteiger partial charge on any atom is 0.407 e. The van der Waals surface area contributed by atoms with Gasteiger partial charge in [-0.1, -0.05) is 29.8 Å². The van der Waals surface area contributed by atoms with E-state index in [9.17, 15) is 9.59 Å². The molecule has 0 heterocycles. The van der Waals surface area contributed by atoms with Gasteiger partial charge in [0.25, 0.3) is 0 Å². The van der Waals surface area contributed by atoms with Gasteiger partial charge in [-0.25, -0.2) is 9.59 Å². The van der Waals surface area contributed by atoms with Gasteiger partial charge in [0, 0.05) is 22.9 Å². The van der Waals surface area contributed by atoms with Crippen LogP contribution in [-0.4, -0.2) is 24.3 Å². The number of para-hydroxylation sites is 1. The summed E-state index contributed by atoms with van der Waals surface area (Å²) >= 11 is 5.87. The highest BCUT2D eigenvalue weighted by molar-refractivity contribution is 6.30. The molecule has 0 aromatic heterocycles. The van der Waals surface area contributed by atoms with Crippen LogP contribution in [0, 0.1) is 5.92 Å². The van der Waals surface area contributed by atoms with Gasteiger partial charge in [-0.3, -0.25) is 0 Å². The number of carbonyl (C=O) groups excluding carboxylic acids is 2. The van der Waals surface area contributed by atoms with E-state index in [1.54, 1.807) is 24.3 Å². The summed E-state index contributed by atoms with van der Waals surface area (Å²) in [6.07, 6.45) is 0.546. The molecule has 3 amide bonds. The first kappa shape index (κ1) is 21.0. The van der Waals surface area contributed by atoms with Crippen molar-refractivity contribution in [2.24, 2.45) is 5.92 Å². The SMILES string of the molecule is CC(C)(C)OC(=O)NCC1CC1c1ccccc1NC(=O)Nc1ccc(Cl)cc1. The fourth-order valence-electron chi connectivity index (χ4n) is 3.13.